The molecule has 1 aromatic rings. The lowest BCUT2D eigenvalue weighted by Crippen LogP contribution is -2.45. The van der Waals surface area contributed by atoms with E-state index >= 15 is 0 Å². The maximum absolute atomic E-state index is 9.19. The van der Waals surface area contributed by atoms with Crippen molar-refractivity contribution in [3.05, 3.63) is 18.0 Å². The molecular weight excluding hydrogens is 194 g/mol. The fourth-order valence-electron chi connectivity index (χ4n) is 0.980. The average molecular weight is 211 g/mol. The van der Waals surface area contributed by atoms with Crippen LogP contribution >= 0.6 is 0 Å². The van der Waals surface area contributed by atoms with Crippen LogP contribution in [0.2, 0.25) is 0 Å². The number of hydrogen-bond acceptors (Lipinski definition) is 5. The zero-order valence-electron chi connectivity index (χ0n) is 9.30. The summed E-state index contributed by atoms with van der Waals surface area (Å²) >= 11 is 0. The van der Waals surface area contributed by atoms with Gasteiger partial charge < -0.3 is 15.1 Å². The Bertz CT molecular complexity index is 311. The fourth-order valence-corrected chi connectivity index (χ4v) is 0.980. The van der Waals surface area contributed by atoms with E-state index in [0.717, 1.165) is 0 Å². The molecule has 0 aromatic carbocycles. The van der Waals surface area contributed by atoms with Crippen molar-refractivity contribution in [2.75, 3.05) is 18.6 Å². The molecule has 0 saturated carbocycles. The largest absolute Gasteiger partial charge is 0.394 e. The Morgan fingerprint density at radius 1 is 1.27 bits per heavy atom. The van der Waals surface area contributed by atoms with Gasteiger partial charge in [-0.05, 0) is 13.8 Å². The van der Waals surface area contributed by atoms with E-state index in [1.165, 1.54) is 0 Å². The molecule has 0 aliphatic heterocycles. The molecule has 0 spiro atoms. The van der Waals surface area contributed by atoms with Crippen LogP contribution in [0.3, 0.4) is 0 Å². The number of nitrogens with zero attached hydrogens (tertiary/aromatic N) is 3. The third-order valence-corrected chi connectivity index (χ3v) is 2.47. The SMILES string of the molecule is CN(c1ncc(CO)cn1)C(C)(C)CO. The Hall–Kier alpha value is -1.20. The minimum Gasteiger partial charge on any atom is -0.394 e. The van der Waals surface area contributed by atoms with E-state index in [1.54, 1.807) is 17.3 Å². The molecule has 1 rings (SSSR count). The minimum atomic E-state index is -0.402. The van der Waals surface area contributed by atoms with Gasteiger partial charge in [0.1, 0.15) is 0 Å². The van der Waals surface area contributed by atoms with Crippen molar-refractivity contribution < 1.29 is 10.2 Å². The van der Waals surface area contributed by atoms with Gasteiger partial charge in [-0.1, -0.05) is 0 Å². The summed E-state index contributed by atoms with van der Waals surface area (Å²) in [5, 5.41) is 18.0. The van der Waals surface area contributed by atoms with Crippen molar-refractivity contribution in [1.29, 1.82) is 0 Å². The summed E-state index contributed by atoms with van der Waals surface area (Å²) in [6, 6.07) is 0. The van der Waals surface area contributed by atoms with Gasteiger partial charge in [-0.2, -0.15) is 0 Å². The lowest BCUT2D eigenvalue weighted by Gasteiger charge is -2.33. The van der Waals surface area contributed by atoms with E-state index in [-0.39, 0.29) is 13.2 Å². The predicted molar refractivity (Wildman–Crippen MR) is 57.5 cm³/mol. The van der Waals surface area contributed by atoms with Gasteiger partial charge in [0.05, 0.1) is 18.8 Å². The van der Waals surface area contributed by atoms with E-state index in [9.17, 15) is 5.11 Å². The van der Waals surface area contributed by atoms with Gasteiger partial charge in [-0.3, -0.25) is 0 Å². The third kappa shape index (κ3) is 2.64. The van der Waals surface area contributed by atoms with Crippen molar-refractivity contribution >= 4 is 5.95 Å². The van der Waals surface area contributed by atoms with Crippen LogP contribution < -0.4 is 4.90 Å². The lowest BCUT2D eigenvalue weighted by atomic mass is 10.1. The Morgan fingerprint density at radius 3 is 2.20 bits per heavy atom. The number of likely N-dealkylation sites (N-methyl/N-ethyl adjacent to an activating group) is 1. The van der Waals surface area contributed by atoms with Crippen LogP contribution in [0.25, 0.3) is 0 Å². The number of aliphatic hydroxyl groups is 2. The Balaban J connectivity index is 2.87. The first-order valence-corrected chi connectivity index (χ1v) is 4.77. The third-order valence-electron chi connectivity index (χ3n) is 2.47. The molecule has 1 aromatic heterocycles. The fraction of sp³-hybridized carbons (Fsp3) is 0.600. The summed E-state index contributed by atoms with van der Waals surface area (Å²) in [4.78, 5) is 10.0. The quantitative estimate of drug-likeness (QED) is 0.743. The van der Waals surface area contributed by atoms with Gasteiger partial charge in [0.25, 0.3) is 0 Å². The van der Waals surface area contributed by atoms with E-state index in [0.29, 0.717) is 11.5 Å². The number of rotatable bonds is 4. The highest BCUT2D eigenvalue weighted by Gasteiger charge is 2.24. The van der Waals surface area contributed by atoms with E-state index in [4.69, 9.17) is 5.11 Å². The van der Waals surface area contributed by atoms with Gasteiger partial charge in [0.2, 0.25) is 5.95 Å². The highest BCUT2D eigenvalue weighted by Crippen LogP contribution is 2.17. The number of hydrogen-bond donors (Lipinski definition) is 2. The van der Waals surface area contributed by atoms with Crippen LogP contribution in [0.4, 0.5) is 5.95 Å². The molecule has 0 fully saturated rings. The molecule has 0 amide bonds. The van der Waals surface area contributed by atoms with Crippen molar-refractivity contribution in [1.82, 2.24) is 9.97 Å². The highest BCUT2D eigenvalue weighted by molar-refractivity contribution is 5.32. The van der Waals surface area contributed by atoms with Crippen molar-refractivity contribution in [2.45, 2.75) is 26.0 Å². The second kappa shape index (κ2) is 4.55. The summed E-state index contributed by atoms with van der Waals surface area (Å²) in [5.74, 6) is 0.534. The zero-order chi connectivity index (χ0) is 11.5. The van der Waals surface area contributed by atoms with Gasteiger partial charge >= 0.3 is 0 Å². The molecule has 2 N–H and O–H groups in total. The van der Waals surface area contributed by atoms with Crippen LogP contribution in [0.1, 0.15) is 19.4 Å². The number of anilines is 1. The first-order valence-electron chi connectivity index (χ1n) is 4.77. The summed E-state index contributed by atoms with van der Waals surface area (Å²) < 4.78 is 0. The van der Waals surface area contributed by atoms with Crippen LogP contribution in [0.15, 0.2) is 12.4 Å². The Kier molecular flexibility index (Phi) is 3.60. The summed E-state index contributed by atoms with van der Waals surface area (Å²) in [6.45, 7) is 3.76. The zero-order valence-corrected chi connectivity index (χ0v) is 9.30. The Morgan fingerprint density at radius 2 is 1.80 bits per heavy atom. The summed E-state index contributed by atoms with van der Waals surface area (Å²) in [7, 11) is 1.82. The lowest BCUT2D eigenvalue weighted by molar-refractivity contribution is 0.215. The van der Waals surface area contributed by atoms with Gasteiger partial charge in [-0.15, -0.1) is 0 Å². The van der Waals surface area contributed by atoms with E-state index < -0.39 is 5.54 Å². The second-order valence-corrected chi connectivity index (χ2v) is 4.08. The van der Waals surface area contributed by atoms with E-state index in [2.05, 4.69) is 9.97 Å². The van der Waals surface area contributed by atoms with Gasteiger partial charge in [0, 0.05) is 25.0 Å². The number of aliphatic hydroxyl groups excluding tert-OH is 2. The molecule has 0 aliphatic carbocycles. The second-order valence-electron chi connectivity index (χ2n) is 4.08. The van der Waals surface area contributed by atoms with Crippen LogP contribution in [-0.2, 0) is 6.61 Å². The molecule has 1 heterocycles. The molecule has 0 bridgehead atoms. The van der Waals surface area contributed by atoms with Crippen molar-refractivity contribution in [3.63, 3.8) is 0 Å². The highest BCUT2D eigenvalue weighted by atomic mass is 16.3. The maximum Gasteiger partial charge on any atom is 0.225 e. The average Bonchev–Trinajstić information content (AvgIpc) is 2.28. The minimum absolute atomic E-state index is 0.0224. The molecular formula is C10H17N3O2. The van der Waals surface area contributed by atoms with Gasteiger partial charge in [-0.25, -0.2) is 9.97 Å². The normalized spacial score (nSPS) is 11.5. The molecule has 84 valence electrons. The van der Waals surface area contributed by atoms with Crippen molar-refractivity contribution in [2.24, 2.45) is 0 Å². The first-order chi connectivity index (χ1) is 7.01. The summed E-state index contributed by atoms with van der Waals surface area (Å²) in [5.41, 5.74) is 0.273. The van der Waals surface area contributed by atoms with Crippen LogP contribution in [0.5, 0.6) is 0 Å². The molecule has 5 heteroatoms. The van der Waals surface area contributed by atoms with Gasteiger partial charge in [0.15, 0.2) is 0 Å². The molecule has 5 nitrogen and oxygen atoms in total. The smallest absolute Gasteiger partial charge is 0.225 e. The monoisotopic (exact) mass is 211 g/mol. The number of aromatic nitrogens is 2. The topological polar surface area (TPSA) is 69.5 Å². The molecule has 0 unspecified atom stereocenters. The van der Waals surface area contributed by atoms with Crippen LogP contribution in [-0.4, -0.2) is 39.4 Å². The first kappa shape index (κ1) is 11.9. The molecule has 15 heavy (non-hydrogen) atoms. The van der Waals surface area contributed by atoms with Crippen LogP contribution in [0, 0.1) is 0 Å². The predicted octanol–water partition coefficient (Wildman–Crippen LogP) is 0.176. The molecule has 0 aliphatic rings. The standard InChI is InChI=1S/C10H17N3O2/c1-10(2,7-15)13(3)9-11-4-8(6-14)5-12-9/h4-5,14-15H,6-7H2,1-3H3. The Labute approximate surface area is 89.4 Å². The molecule has 0 saturated heterocycles. The van der Waals surface area contributed by atoms with Crippen molar-refractivity contribution in [3.8, 4) is 0 Å². The van der Waals surface area contributed by atoms with E-state index in [1.807, 2.05) is 20.9 Å². The molecule has 0 radical (unpaired) electrons. The summed E-state index contributed by atoms with van der Waals surface area (Å²) in [6.07, 6.45) is 3.15. The molecule has 0 atom stereocenters. The maximum atomic E-state index is 9.19.